The summed E-state index contributed by atoms with van der Waals surface area (Å²) in [5.74, 6) is -0.958. The van der Waals surface area contributed by atoms with E-state index < -0.39 is 16.7 Å². The standard InChI is InChI=1S/C15H11ClF2N4O.ClH/c1-23-12-5-11-7(4-9(12)19)15(21-6-20-11)22-10-3-2-8(17)13(16)14(10)18;/h2-6H,19H2,1H3,(H,20,21,22);1H. The quantitative estimate of drug-likeness (QED) is 0.529. The lowest BCUT2D eigenvalue weighted by molar-refractivity contribution is 0.417. The Bertz CT molecular complexity index is 908. The highest BCUT2D eigenvalue weighted by atomic mass is 35.5. The minimum Gasteiger partial charge on any atom is -0.495 e. The second-order valence-electron chi connectivity index (χ2n) is 4.68. The Morgan fingerprint density at radius 1 is 1.21 bits per heavy atom. The van der Waals surface area contributed by atoms with Gasteiger partial charge in [-0.3, -0.25) is 0 Å². The van der Waals surface area contributed by atoms with Gasteiger partial charge in [0.05, 0.1) is 24.0 Å². The number of hydrogen-bond acceptors (Lipinski definition) is 5. The van der Waals surface area contributed by atoms with Gasteiger partial charge in [0, 0.05) is 11.5 Å². The lowest BCUT2D eigenvalue weighted by Crippen LogP contribution is -2.01. The van der Waals surface area contributed by atoms with E-state index in [4.69, 9.17) is 22.1 Å². The molecule has 0 fully saturated rings. The molecule has 0 spiro atoms. The fourth-order valence-corrected chi connectivity index (χ4v) is 2.29. The lowest BCUT2D eigenvalue weighted by Gasteiger charge is -2.12. The number of anilines is 3. The number of rotatable bonds is 3. The van der Waals surface area contributed by atoms with E-state index in [1.165, 1.54) is 19.5 Å². The van der Waals surface area contributed by atoms with Gasteiger partial charge in [-0.2, -0.15) is 0 Å². The van der Waals surface area contributed by atoms with Gasteiger partial charge in [0.25, 0.3) is 0 Å². The van der Waals surface area contributed by atoms with Gasteiger partial charge in [-0.25, -0.2) is 18.7 Å². The maximum Gasteiger partial charge on any atom is 0.168 e. The van der Waals surface area contributed by atoms with Gasteiger partial charge in [0.15, 0.2) is 5.82 Å². The number of halogens is 4. The van der Waals surface area contributed by atoms with Crippen LogP contribution in [0.3, 0.4) is 0 Å². The summed E-state index contributed by atoms with van der Waals surface area (Å²) < 4.78 is 32.4. The van der Waals surface area contributed by atoms with Crippen LogP contribution in [0.25, 0.3) is 10.9 Å². The Morgan fingerprint density at radius 3 is 2.67 bits per heavy atom. The summed E-state index contributed by atoms with van der Waals surface area (Å²) in [5, 5.41) is 2.75. The minimum absolute atomic E-state index is 0. The molecule has 1 aromatic heterocycles. The van der Waals surface area contributed by atoms with Crippen LogP contribution in [0.2, 0.25) is 5.02 Å². The molecule has 126 valence electrons. The van der Waals surface area contributed by atoms with Crippen molar-refractivity contribution in [3.63, 3.8) is 0 Å². The second-order valence-corrected chi connectivity index (χ2v) is 5.06. The summed E-state index contributed by atoms with van der Waals surface area (Å²) in [7, 11) is 1.49. The topological polar surface area (TPSA) is 73.1 Å². The van der Waals surface area contributed by atoms with E-state index in [2.05, 4.69) is 15.3 Å². The molecule has 5 nitrogen and oxygen atoms in total. The molecule has 3 N–H and O–H groups in total. The van der Waals surface area contributed by atoms with Crippen LogP contribution >= 0.6 is 24.0 Å². The van der Waals surface area contributed by atoms with E-state index in [1.54, 1.807) is 12.1 Å². The molecule has 2 aromatic carbocycles. The van der Waals surface area contributed by atoms with Crippen molar-refractivity contribution in [3.05, 3.63) is 47.2 Å². The van der Waals surface area contributed by atoms with E-state index in [-0.39, 0.29) is 18.1 Å². The van der Waals surface area contributed by atoms with Crippen molar-refractivity contribution in [3.8, 4) is 5.75 Å². The lowest BCUT2D eigenvalue weighted by atomic mass is 10.2. The number of ether oxygens (including phenoxy) is 1. The number of aromatic nitrogens is 2. The summed E-state index contributed by atoms with van der Waals surface area (Å²) in [6.07, 6.45) is 1.31. The minimum atomic E-state index is -0.903. The Labute approximate surface area is 147 Å². The summed E-state index contributed by atoms with van der Waals surface area (Å²) in [5.41, 5.74) is 6.81. The second kappa shape index (κ2) is 7.02. The van der Waals surface area contributed by atoms with E-state index in [9.17, 15) is 8.78 Å². The smallest absolute Gasteiger partial charge is 0.168 e. The van der Waals surface area contributed by atoms with Gasteiger partial charge in [-0.05, 0) is 18.2 Å². The molecule has 0 bridgehead atoms. The molecule has 3 aromatic rings. The first kappa shape index (κ1) is 18.0. The zero-order valence-electron chi connectivity index (χ0n) is 12.3. The van der Waals surface area contributed by atoms with Crippen molar-refractivity contribution in [2.75, 3.05) is 18.2 Å². The fourth-order valence-electron chi connectivity index (χ4n) is 2.13. The maximum atomic E-state index is 14.0. The van der Waals surface area contributed by atoms with E-state index in [1.807, 2.05) is 0 Å². The third kappa shape index (κ3) is 3.13. The largest absolute Gasteiger partial charge is 0.495 e. The van der Waals surface area contributed by atoms with Crippen LogP contribution in [-0.2, 0) is 0 Å². The van der Waals surface area contributed by atoms with Crippen molar-refractivity contribution < 1.29 is 13.5 Å². The fraction of sp³-hybridized carbons (Fsp3) is 0.0667. The Balaban J connectivity index is 0.00000208. The molecule has 3 rings (SSSR count). The first-order valence-corrected chi connectivity index (χ1v) is 6.87. The first-order chi connectivity index (χ1) is 11.0. The van der Waals surface area contributed by atoms with Crippen LogP contribution in [0.4, 0.5) is 26.0 Å². The maximum absolute atomic E-state index is 14.0. The average molecular weight is 373 g/mol. The van der Waals surface area contributed by atoms with Gasteiger partial charge in [0.2, 0.25) is 0 Å². The van der Waals surface area contributed by atoms with Crippen molar-refractivity contribution in [1.82, 2.24) is 9.97 Å². The molecule has 0 amide bonds. The summed E-state index contributed by atoms with van der Waals surface area (Å²) in [6.45, 7) is 0. The van der Waals surface area contributed by atoms with Crippen LogP contribution in [0.1, 0.15) is 0 Å². The summed E-state index contributed by atoms with van der Waals surface area (Å²) in [6, 6.07) is 5.55. The molecule has 0 aliphatic heterocycles. The molecule has 0 atom stereocenters. The van der Waals surface area contributed by atoms with Crippen LogP contribution < -0.4 is 15.8 Å². The number of benzene rings is 2. The zero-order valence-corrected chi connectivity index (χ0v) is 13.9. The highest BCUT2D eigenvalue weighted by molar-refractivity contribution is 6.31. The molecule has 0 radical (unpaired) electrons. The monoisotopic (exact) mass is 372 g/mol. The van der Waals surface area contributed by atoms with Crippen molar-refractivity contribution >= 4 is 52.1 Å². The molecule has 0 unspecified atom stereocenters. The number of hydrogen-bond donors (Lipinski definition) is 2. The van der Waals surface area contributed by atoms with Crippen molar-refractivity contribution in [2.45, 2.75) is 0 Å². The van der Waals surface area contributed by atoms with Gasteiger partial charge >= 0.3 is 0 Å². The molecule has 0 aliphatic carbocycles. The molecule has 24 heavy (non-hydrogen) atoms. The summed E-state index contributed by atoms with van der Waals surface area (Å²) >= 11 is 5.57. The highest BCUT2D eigenvalue weighted by Gasteiger charge is 2.14. The molecular weight excluding hydrogens is 361 g/mol. The number of methoxy groups -OCH3 is 1. The summed E-state index contributed by atoms with van der Waals surface area (Å²) in [4.78, 5) is 8.19. The van der Waals surface area contributed by atoms with Crippen LogP contribution in [0.15, 0.2) is 30.6 Å². The predicted octanol–water partition coefficient (Wildman–Crippen LogP) is 4.32. The van der Waals surface area contributed by atoms with Crippen LogP contribution in [0, 0.1) is 11.6 Å². The zero-order chi connectivity index (χ0) is 16.6. The van der Waals surface area contributed by atoms with E-state index in [0.717, 1.165) is 6.07 Å². The Morgan fingerprint density at radius 2 is 1.96 bits per heavy atom. The van der Waals surface area contributed by atoms with Crippen LogP contribution in [0.5, 0.6) is 5.75 Å². The average Bonchev–Trinajstić information content (AvgIpc) is 2.55. The normalized spacial score (nSPS) is 10.3. The molecule has 0 aliphatic rings. The van der Waals surface area contributed by atoms with Gasteiger partial charge in [0.1, 0.15) is 28.7 Å². The number of nitrogens with two attached hydrogens (primary N) is 1. The number of nitrogen functional groups attached to an aromatic ring is 1. The number of nitrogens with one attached hydrogen (secondary N) is 1. The Kier molecular flexibility index (Phi) is 5.26. The van der Waals surface area contributed by atoms with E-state index >= 15 is 0 Å². The Hall–Kier alpha value is -2.38. The van der Waals surface area contributed by atoms with Gasteiger partial charge < -0.3 is 15.8 Å². The van der Waals surface area contributed by atoms with Gasteiger partial charge in [-0.1, -0.05) is 11.6 Å². The molecule has 9 heteroatoms. The SMILES string of the molecule is COc1cc2ncnc(Nc3ccc(F)c(Cl)c3F)c2cc1N.Cl. The third-order valence-corrected chi connectivity index (χ3v) is 3.62. The van der Waals surface area contributed by atoms with Crippen LogP contribution in [-0.4, -0.2) is 17.1 Å². The molecule has 0 saturated carbocycles. The molecule has 1 heterocycles. The van der Waals surface area contributed by atoms with E-state index in [0.29, 0.717) is 28.2 Å². The number of fused-ring (bicyclic) bond motifs is 1. The van der Waals surface area contributed by atoms with Crippen molar-refractivity contribution in [2.24, 2.45) is 0 Å². The molecule has 0 saturated heterocycles. The molecular formula is C15H12Cl2F2N4O. The third-order valence-electron chi connectivity index (χ3n) is 3.28. The number of nitrogens with zero attached hydrogens (tertiary/aromatic N) is 2. The first-order valence-electron chi connectivity index (χ1n) is 6.50. The van der Waals surface area contributed by atoms with Crippen molar-refractivity contribution in [1.29, 1.82) is 0 Å². The van der Waals surface area contributed by atoms with Gasteiger partial charge in [-0.15, -0.1) is 12.4 Å². The highest BCUT2D eigenvalue weighted by Crippen LogP contribution is 2.33. The predicted molar refractivity (Wildman–Crippen MR) is 92.4 cm³/mol.